The number of hydrogen-bond donors (Lipinski definition) is 0. The first-order valence-electron chi connectivity index (χ1n) is 11.3. The number of ether oxygens (including phenoxy) is 5. The summed E-state index contributed by atoms with van der Waals surface area (Å²) < 4.78 is 61.4. The van der Waals surface area contributed by atoms with Crippen LogP contribution in [0, 0.1) is 0 Å². The predicted molar refractivity (Wildman–Crippen MR) is 120 cm³/mol. The standard InChI is InChI=1S/C23H33O10P/c1-13(2)27-16-17-19(30-22(3,4)28-17)21(20-18(16)29-23(5,6)31-20)33-34(25,26-7)32-15-10-8-14(12-24)9-11-15/h8-13,16-21H,1-7H3/t16-,17-,18+,19-,20-,21-,34?/m1/s1. The Balaban J connectivity index is 1.65. The van der Waals surface area contributed by atoms with Gasteiger partial charge in [0, 0.05) is 12.7 Å². The highest BCUT2D eigenvalue weighted by Crippen LogP contribution is 2.55. The molecular weight excluding hydrogens is 467 g/mol. The van der Waals surface area contributed by atoms with Gasteiger partial charge in [-0.15, -0.1) is 0 Å². The molecule has 0 aromatic heterocycles. The van der Waals surface area contributed by atoms with Crippen molar-refractivity contribution in [3.05, 3.63) is 29.8 Å². The number of phosphoric ester groups is 1. The molecule has 34 heavy (non-hydrogen) atoms. The molecule has 0 bridgehead atoms. The molecule has 0 spiro atoms. The first-order valence-corrected chi connectivity index (χ1v) is 12.8. The molecule has 0 N–H and O–H groups in total. The molecule has 7 atom stereocenters. The van der Waals surface area contributed by atoms with Crippen LogP contribution in [0.1, 0.15) is 51.9 Å². The third-order valence-electron chi connectivity index (χ3n) is 5.76. The van der Waals surface area contributed by atoms with E-state index in [9.17, 15) is 9.36 Å². The quantitative estimate of drug-likeness (QED) is 0.386. The third-order valence-corrected chi connectivity index (χ3v) is 7.14. The second kappa shape index (κ2) is 9.26. The Morgan fingerprint density at radius 1 is 0.882 bits per heavy atom. The van der Waals surface area contributed by atoms with Crippen molar-refractivity contribution in [2.75, 3.05) is 7.11 Å². The van der Waals surface area contributed by atoms with Gasteiger partial charge >= 0.3 is 7.82 Å². The average Bonchev–Trinajstić information content (AvgIpc) is 3.25. The molecule has 1 aromatic rings. The Bertz CT molecular complexity index is 898. The lowest BCUT2D eigenvalue weighted by Crippen LogP contribution is -2.63. The van der Waals surface area contributed by atoms with Gasteiger partial charge in [0.1, 0.15) is 48.7 Å². The monoisotopic (exact) mass is 500 g/mol. The molecule has 11 heteroatoms. The van der Waals surface area contributed by atoms with Crippen LogP contribution in [0.4, 0.5) is 0 Å². The SMILES string of the molecule is COP(=O)(Oc1ccc(C=O)cc1)O[C@@H]1[C@@H]2OC(C)(C)O[C@@H]2[C@@H](OC(C)C)[C@@H]2OC(C)(C)O[C@H]21. The minimum atomic E-state index is -4.14. The maximum Gasteiger partial charge on any atom is 0.530 e. The van der Waals surface area contributed by atoms with Crippen LogP contribution in [0.3, 0.4) is 0 Å². The summed E-state index contributed by atoms with van der Waals surface area (Å²) in [6.45, 7) is 11.0. The van der Waals surface area contributed by atoms with E-state index >= 15 is 0 Å². The fourth-order valence-corrected chi connectivity index (χ4v) is 5.72. The molecule has 10 nitrogen and oxygen atoms in total. The molecule has 0 amide bonds. The van der Waals surface area contributed by atoms with E-state index < -0.39 is 56.0 Å². The van der Waals surface area contributed by atoms with E-state index in [-0.39, 0.29) is 11.9 Å². The minimum Gasteiger partial charge on any atom is -0.404 e. The van der Waals surface area contributed by atoms with E-state index in [0.717, 1.165) is 0 Å². The Morgan fingerprint density at radius 2 is 1.35 bits per heavy atom. The van der Waals surface area contributed by atoms with Crippen LogP contribution < -0.4 is 4.52 Å². The largest absolute Gasteiger partial charge is 0.530 e. The van der Waals surface area contributed by atoms with E-state index in [0.29, 0.717) is 11.8 Å². The fraction of sp³-hybridized carbons (Fsp3) is 0.696. The summed E-state index contributed by atoms with van der Waals surface area (Å²) >= 11 is 0. The van der Waals surface area contributed by atoms with Gasteiger partial charge in [-0.3, -0.25) is 13.8 Å². The highest BCUT2D eigenvalue weighted by Gasteiger charge is 2.65. The van der Waals surface area contributed by atoms with E-state index in [2.05, 4.69) is 0 Å². The summed E-state index contributed by atoms with van der Waals surface area (Å²) in [5.74, 6) is -1.66. The lowest BCUT2D eigenvalue weighted by atomic mass is 9.85. The average molecular weight is 500 g/mol. The third kappa shape index (κ3) is 5.24. The number of hydrogen-bond acceptors (Lipinski definition) is 10. The second-order valence-corrected chi connectivity index (χ2v) is 11.4. The van der Waals surface area contributed by atoms with Crippen LogP contribution in [0.2, 0.25) is 0 Å². The van der Waals surface area contributed by atoms with Crippen LogP contribution >= 0.6 is 7.82 Å². The molecule has 2 saturated heterocycles. The summed E-state index contributed by atoms with van der Waals surface area (Å²) in [4.78, 5) is 10.9. The van der Waals surface area contributed by atoms with Crippen LogP contribution in [0.25, 0.3) is 0 Å². The van der Waals surface area contributed by atoms with Crippen molar-refractivity contribution >= 4 is 14.1 Å². The highest BCUT2D eigenvalue weighted by molar-refractivity contribution is 7.48. The number of benzene rings is 1. The predicted octanol–water partition coefficient (Wildman–Crippen LogP) is 3.87. The van der Waals surface area contributed by atoms with Gasteiger partial charge in [0.05, 0.1) is 6.10 Å². The first-order chi connectivity index (χ1) is 15.9. The normalized spacial score (nSPS) is 35.4. The van der Waals surface area contributed by atoms with Crippen molar-refractivity contribution in [3.8, 4) is 5.75 Å². The smallest absolute Gasteiger partial charge is 0.404 e. The van der Waals surface area contributed by atoms with E-state index in [1.165, 1.54) is 31.4 Å². The van der Waals surface area contributed by atoms with E-state index in [4.69, 9.17) is 37.3 Å². The van der Waals surface area contributed by atoms with Crippen molar-refractivity contribution in [3.63, 3.8) is 0 Å². The lowest BCUT2D eigenvalue weighted by Gasteiger charge is -2.43. The molecule has 1 saturated carbocycles. The maximum atomic E-state index is 13.6. The molecule has 1 aromatic carbocycles. The highest BCUT2D eigenvalue weighted by atomic mass is 31.2. The molecule has 1 aliphatic carbocycles. The summed E-state index contributed by atoms with van der Waals surface area (Å²) in [5.41, 5.74) is 0.451. The topological polar surface area (TPSA) is 108 Å². The second-order valence-electron chi connectivity index (χ2n) is 9.76. The molecule has 2 aliphatic heterocycles. The maximum absolute atomic E-state index is 13.6. The van der Waals surface area contributed by atoms with Gasteiger partial charge in [0.25, 0.3) is 0 Å². The number of carbonyl (C=O) groups excluding carboxylic acids is 1. The molecule has 1 unspecified atom stereocenters. The summed E-state index contributed by atoms with van der Waals surface area (Å²) in [6.07, 6.45) is -3.35. The molecule has 0 radical (unpaired) electrons. The van der Waals surface area contributed by atoms with Gasteiger partial charge in [0.15, 0.2) is 11.6 Å². The molecule has 2 heterocycles. The number of carbonyl (C=O) groups is 1. The number of phosphoric acid groups is 1. The number of aldehydes is 1. The Morgan fingerprint density at radius 3 is 1.76 bits per heavy atom. The zero-order chi connectivity index (χ0) is 24.9. The Kier molecular flexibility index (Phi) is 7.01. The lowest BCUT2D eigenvalue weighted by molar-refractivity contribution is -0.195. The van der Waals surface area contributed by atoms with Gasteiger partial charge in [-0.05, 0) is 65.8 Å². The first kappa shape index (κ1) is 25.7. The Labute approximate surface area is 199 Å². The van der Waals surface area contributed by atoms with Crippen molar-refractivity contribution in [2.24, 2.45) is 0 Å². The van der Waals surface area contributed by atoms with Gasteiger partial charge < -0.3 is 28.2 Å². The Hall–Kier alpha value is -1.36. The van der Waals surface area contributed by atoms with Gasteiger partial charge in [-0.25, -0.2) is 4.57 Å². The zero-order valence-corrected chi connectivity index (χ0v) is 21.4. The van der Waals surface area contributed by atoms with Gasteiger partial charge in [-0.1, -0.05) is 0 Å². The van der Waals surface area contributed by atoms with Crippen LogP contribution in [0.5, 0.6) is 5.75 Å². The fourth-order valence-electron chi connectivity index (χ4n) is 4.60. The zero-order valence-electron chi connectivity index (χ0n) is 20.5. The molecule has 3 aliphatic rings. The van der Waals surface area contributed by atoms with Gasteiger partial charge in [-0.2, -0.15) is 0 Å². The minimum absolute atomic E-state index is 0.105. The van der Waals surface area contributed by atoms with Crippen LogP contribution in [-0.2, 0) is 37.3 Å². The molecule has 190 valence electrons. The van der Waals surface area contributed by atoms with Crippen molar-refractivity contribution in [1.29, 1.82) is 0 Å². The molecule has 4 rings (SSSR count). The number of fused-ring (bicyclic) bond motifs is 2. The summed E-state index contributed by atoms with van der Waals surface area (Å²) in [5, 5.41) is 0. The van der Waals surface area contributed by atoms with Crippen LogP contribution in [-0.4, -0.2) is 67.7 Å². The van der Waals surface area contributed by atoms with E-state index in [1.807, 2.05) is 13.8 Å². The van der Waals surface area contributed by atoms with Crippen LogP contribution in [0.15, 0.2) is 24.3 Å². The number of rotatable bonds is 8. The summed E-state index contributed by atoms with van der Waals surface area (Å²) in [6, 6.07) is 6.09. The summed E-state index contributed by atoms with van der Waals surface area (Å²) in [7, 11) is -2.91. The molecule has 3 fully saturated rings. The van der Waals surface area contributed by atoms with Crippen molar-refractivity contribution in [1.82, 2.24) is 0 Å². The van der Waals surface area contributed by atoms with Crippen molar-refractivity contribution in [2.45, 2.75) is 95.8 Å². The van der Waals surface area contributed by atoms with E-state index in [1.54, 1.807) is 27.7 Å². The molecular formula is C23H33O10P. The van der Waals surface area contributed by atoms with Crippen molar-refractivity contribution < 1.29 is 46.6 Å². The van der Waals surface area contributed by atoms with Gasteiger partial charge in [0.2, 0.25) is 0 Å².